The predicted octanol–water partition coefficient (Wildman–Crippen LogP) is 5.26. The van der Waals surface area contributed by atoms with Gasteiger partial charge < -0.3 is 9.64 Å². The van der Waals surface area contributed by atoms with Crippen molar-refractivity contribution < 1.29 is 23.9 Å². The van der Waals surface area contributed by atoms with Crippen molar-refractivity contribution >= 4 is 49.9 Å². The van der Waals surface area contributed by atoms with Gasteiger partial charge in [0.25, 0.3) is 5.91 Å². The van der Waals surface area contributed by atoms with Crippen molar-refractivity contribution in [2.75, 3.05) is 26.7 Å². The average molecular weight is 570 g/mol. The van der Waals surface area contributed by atoms with Crippen LogP contribution in [-0.2, 0) is 9.59 Å². The summed E-state index contributed by atoms with van der Waals surface area (Å²) in [5.74, 6) is -0.628. The Morgan fingerprint density at radius 3 is 2.43 bits per heavy atom. The van der Waals surface area contributed by atoms with Crippen LogP contribution in [0.1, 0.15) is 39.0 Å². The molecule has 0 spiro atoms. The lowest BCUT2D eigenvalue weighted by atomic mass is 10.1. The molecule has 2 amide bonds. The molecule has 0 saturated heterocycles. The third-order valence-electron chi connectivity index (χ3n) is 5.11. The lowest BCUT2D eigenvalue weighted by molar-refractivity contribution is -0.130. The van der Waals surface area contributed by atoms with Crippen molar-refractivity contribution in [3.05, 3.63) is 47.2 Å². The van der Waals surface area contributed by atoms with Gasteiger partial charge in [-0.25, -0.2) is 14.2 Å². The maximum atomic E-state index is 14.9. The number of amides is 2. The third-order valence-corrected chi connectivity index (χ3v) is 6.81. The van der Waals surface area contributed by atoms with E-state index in [1.54, 1.807) is 52.1 Å². The number of hydrogen-bond donors (Lipinski definition) is 2. The first kappa shape index (κ1) is 32.7. The zero-order valence-electron chi connectivity index (χ0n) is 21.1. The Labute approximate surface area is 230 Å². The topological polar surface area (TPSA) is 82.1 Å². The molecule has 202 valence electrons. The number of terminal acetylenes is 1. The molecule has 2 N–H and O–H groups in total. The Kier molecular flexibility index (Phi) is 15.9. The summed E-state index contributed by atoms with van der Waals surface area (Å²) in [5, 5.41) is 9.99. The van der Waals surface area contributed by atoms with Crippen LogP contribution in [0.25, 0.3) is 0 Å². The van der Waals surface area contributed by atoms with Crippen molar-refractivity contribution in [1.29, 1.82) is 0 Å². The zero-order valence-corrected chi connectivity index (χ0v) is 23.8. The van der Waals surface area contributed by atoms with Crippen LogP contribution in [0.15, 0.2) is 41.3 Å². The second-order valence-corrected chi connectivity index (χ2v) is 10.2. The molecular weight excluding hydrogens is 536 g/mol. The van der Waals surface area contributed by atoms with Gasteiger partial charge in [0.2, 0.25) is 5.91 Å². The minimum absolute atomic E-state index is 0.0413. The lowest BCUT2D eigenvalue weighted by Gasteiger charge is -2.24. The third kappa shape index (κ3) is 12.2. The number of carbonyl (C=O) groups excluding carboxylic acids is 2. The van der Waals surface area contributed by atoms with Gasteiger partial charge in [-0.05, 0) is 54.8 Å². The summed E-state index contributed by atoms with van der Waals surface area (Å²) in [4.78, 5) is 26.3. The second kappa shape index (κ2) is 18.0. The fourth-order valence-electron chi connectivity index (χ4n) is 3.15. The number of unbranched alkanes of at least 4 members (excludes halogenated alkanes) is 3. The number of halogens is 2. The molecular formula is C26H34ClFN3O4PS. The standard InChI is InChI=1S/C24H32ClFN3O4PS.C2H2/c1-3-4-5-6-7-23(31)28(2)12-13-29(16-22(30)27-32)35-19-14-20(26)24(21(34)15-19)33-18-10-8-17(25)9-11-18;1-2/h8-11,14-15,32H,3-7,12-13,16,34H2,1-2H3,(H,27,30);1-2H. The fraction of sp³-hybridized carbons (Fsp3) is 0.385. The maximum Gasteiger partial charge on any atom is 0.258 e. The monoisotopic (exact) mass is 569 g/mol. The fourth-order valence-corrected chi connectivity index (χ4v) is 4.76. The van der Waals surface area contributed by atoms with E-state index in [-0.39, 0.29) is 18.2 Å². The highest BCUT2D eigenvalue weighted by atomic mass is 35.5. The zero-order chi connectivity index (χ0) is 27.8. The van der Waals surface area contributed by atoms with E-state index in [0.717, 1.165) is 37.6 Å². The summed E-state index contributed by atoms with van der Waals surface area (Å²) in [6.45, 7) is 2.70. The van der Waals surface area contributed by atoms with E-state index in [9.17, 15) is 14.0 Å². The number of hydrogen-bond acceptors (Lipinski definition) is 6. The smallest absolute Gasteiger partial charge is 0.258 e. The molecule has 37 heavy (non-hydrogen) atoms. The Balaban J connectivity index is 0.00000334. The van der Waals surface area contributed by atoms with Gasteiger partial charge in [-0.1, -0.05) is 37.8 Å². The Morgan fingerprint density at radius 2 is 1.84 bits per heavy atom. The predicted molar refractivity (Wildman–Crippen MR) is 151 cm³/mol. The van der Waals surface area contributed by atoms with Gasteiger partial charge in [0, 0.05) is 41.8 Å². The SMILES string of the molecule is C#C.CCCCCCC(=O)N(C)CCN(CC(=O)NO)Sc1cc(F)c(Oc2ccc(Cl)cc2)c(P)c1. The van der Waals surface area contributed by atoms with E-state index in [1.165, 1.54) is 6.07 Å². The van der Waals surface area contributed by atoms with Gasteiger partial charge >= 0.3 is 0 Å². The number of hydroxylamine groups is 1. The summed E-state index contributed by atoms with van der Waals surface area (Å²) in [7, 11) is 4.17. The summed E-state index contributed by atoms with van der Waals surface area (Å²) in [6.07, 6.45) is 12.6. The first-order valence-electron chi connectivity index (χ1n) is 11.7. The molecule has 1 unspecified atom stereocenters. The van der Waals surface area contributed by atoms with E-state index >= 15 is 0 Å². The number of benzene rings is 2. The molecule has 0 fully saturated rings. The Hall–Kier alpha value is -2.34. The molecule has 0 heterocycles. The van der Waals surface area contributed by atoms with E-state index in [2.05, 4.69) is 29.0 Å². The Morgan fingerprint density at radius 1 is 1.16 bits per heavy atom. The number of nitrogens with zero attached hydrogens (tertiary/aromatic N) is 2. The quantitative estimate of drug-likeness (QED) is 0.0806. The first-order chi connectivity index (χ1) is 17.7. The van der Waals surface area contributed by atoms with Crippen LogP contribution in [-0.4, -0.2) is 52.9 Å². The molecule has 1 atom stereocenters. The van der Waals surface area contributed by atoms with Crippen molar-refractivity contribution in [3.63, 3.8) is 0 Å². The van der Waals surface area contributed by atoms with Crippen molar-refractivity contribution in [2.24, 2.45) is 0 Å². The molecule has 2 aromatic carbocycles. The molecule has 11 heteroatoms. The van der Waals surface area contributed by atoms with Crippen LogP contribution in [0.2, 0.25) is 5.02 Å². The maximum absolute atomic E-state index is 14.9. The molecule has 0 bridgehead atoms. The van der Waals surface area contributed by atoms with Gasteiger partial charge in [-0.3, -0.25) is 14.8 Å². The molecule has 0 saturated carbocycles. The molecule has 2 rings (SSSR count). The van der Waals surface area contributed by atoms with Crippen LogP contribution in [0, 0.1) is 18.7 Å². The summed E-state index contributed by atoms with van der Waals surface area (Å²) >= 11 is 7.04. The highest BCUT2D eigenvalue weighted by Gasteiger charge is 2.18. The van der Waals surface area contributed by atoms with Crippen LogP contribution in [0.5, 0.6) is 11.5 Å². The van der Waals surface area contributed by atoms with E-state index in [4.69, 9.17) is 21.5 Å². The molecule has 0 radical (unpaired) electrons. The van der Waals surface area contributed by atoms with Crippen LogP contribution in [0.4, 0.5) is 4.39 Å². The van der Waals surface area contributed by atoms with Gasteiger partial charge in [0.1, 0.15) is 5.75 Å². The molecule has 0 aromatic heterocycles. The normalized spacial score (nSPS) is 10.4. The molecule has 2 aromatic rings. The number of carbonyl (C=O) groups is 2. The van der Waals surface area contributed by atoms with E-state index < -0.39 is 11.7 Å². The summed E-state index contributed by atoms with van der Waals surface area (Å²) in [5.41, 5.74) is 1.61. The lowest BCUT2D eigenvalue weighted by Crippen LogP contribution is -2.38. The van der Waals surface area contributed by atoms with Gasteiger partial charge in [-0.2, -0.15) is 0 Å². The minimum atomic E-state index is -0.611. The summed E-state index contributed by atoms with van der Waals surface area (Å²) < 4.78 is 22.2. The highest BCUT2D eigenvalue weighted by molar-refractivity contribution is 7.97. The van der Waals surface area contributed by atoms with Crippen LogP contribution in [0.3, 0.4) is 0 Å². The molecule has 7 nitrogen and oxygen atoms in total. The molecule has 0 aliphatic rings. The van der Waals surface area contributed by atoms with Crippen LogP contribution >= 0.6 is 32.8 Å². The van der Waals surface area contributed by atoms with Gasteiger partial charge in [0.15, 0.2) is 11.6 Å². The summed E-state index contributed by atoms with van der Waals surface area (Å²) in [6, 6.07) is 9.62. The van der Waals surface area contributed by atoms with Crippen molar-refractivity contribution in [1.82, 2.24) is 14.7 Å². The minimum Gasteiger partial charge on any atom is -0.454 e. The second-order valence-electron chi connectivity index (χ2n) is 8.00. The average Bonchev–Trinajstić information content (AvgIpc) is 2.89. The van der Waals surface area contributed by atoms with E-state index in [0.29, 0.717) is 40.5 Å². The largest absolute Gasteiger partial charge is 0.454 e. The number of ether oxygens (including phenoxy) is 1. The number of likely N-dealkylation sites (N-methyl/N-ethyl adjacent to an activating group) is 1. The number of rotatable bonds is 14. The van der Waals surface area contributed by atoms with Crippen LogP contribution < -0.4 is 15.5 Å². The first-order valence-corrected chi connectivity index (χ1v) is 13.4. The van der Waals surface area contributed by atoms with Gasteiger partial charge in [0.05, 0.1) is 6.54 Å². The van der Waals surface area contributed by atoms with Crippen molar-refractivity contribution in [3.8, 4) is 24.3 Å². The Bertz CT molecular complexity index is 1000. The highest BCUT2D eigenvalue weighted by Crippen LogP contribution is 2.30. The van der Waals surface area contributed by atoms with Gasteiger partial charge in [-0.15, -0.1) is 22.1 Å². The van der Waals surface area contributed by atoms with E-state index in [1.807, 2.05) is 0 Å². The molecule has 0 aliphatic carbocycles. The number of nitrogens with one attached hydrogen (secondary N) is 1. The molecule has 0 aliphatic heterocycles. The van der Waals surface area contributed by atoms with Crippen molar-refractivity contribution in [2.45, 2.75) is 43.9 Å².